The quantitative estimate of drug-likeness (QED) is 0.572. The number of hydrogen-bond acceptors (Lipinski definition) is 6. The van der Waals surface area contributed by atoms with E-state index in [1.165, 1.54) is 33.5 Å². The number of carbonyl (C=O) groups excluding carboxylic acids is 2. The molecule has 3 rings (SSSR count). The highest BCUT2D eigenvalue weighted by molar-refractivity contribution is 5.96. The SMILES string of the molecule is COc1cc(C(=O)NNC(=O)C[C@](O)(c2ccccc2)C2CC2)cc(OC)c1OC. The van der Waals surface area contributed by atoms with E-state index in [0.717, 1.165) is 12.8 Å². The Morgan fingerprint density at radius 1 is 1.00 bits per heavy atom. The van der Waals surface area contributed by atoms with Crippen molar-refractivity contribution in [3.8, 4) is 17.2 Å². The largest absolute Gasteiger partial charge is 0.493 e. The number of ether oxygens (including phenoxy) is 3. The van der Waals surface area contributed by atoms with E-state index in [0.29, 0.717) is 22.8 Å². The fourth-order valence-corrected chi connectivity index (χ4v) is 3.47. The maximum Gasteiger partial charge on any atom is 0.269 e. The summed E-state index contributed by atoms with van der Waals surface area (Å²) in [4.78, 5) is 25.0. The summed E-state index contributed by atoms with van der Waals surface area (Å²) in [6, 6.07) is 12.1. The molecule has 1 aliphatic rings. The van der Waals surface area contributed by atoms with Crippen molar-refractivity contribution >= 4 is 11.8 Å². The van der Waals surface area contributed by atoms with Crippen LogP contribution in [-0.4, -0.2) is 38.3 Å². The minimum absolute atomic E-state index is 0.0245. The molecule has 0 saturated heterocycles. The summed E-state index contributed by atoms with van der Waals surface area (Å²) in [5, 5.41) is 11.1. The first-order valence-electron chi connectivity index (χ1n) is 9.60. The number of nitrogens with one attached hydrogen (secondary N) is 2. The second-order valence-electron chi connectivity index (χ2n) is 7.16. The second kappa shape index (κ2) is 9.04. The number of hydrogen-bond donors (Lipinski definition) is 3. The van der Waals surface area contributed by atoms with Gasteiger partial charge in [0.1, 0.15) is 5.60 Å². The molecule has 2 amide bonds. The van der Waals surface area contributed by atoms with Gasteiger partial charge in [0.15, 0.2) is 11.5 Å². The molecular formula is C22H26N2O6. The van der Waals surface area contributed by atoms with E-state index in [9.17, 15) is 14.7 Å². The molecule has 0 heterocycles. The van der Waals surface area contributed by atoms with Crippen LogP contribution in [-0.2, 0) is 10.4 Å². The number of aliphatic hydroxyl groups is 1. The first kappa shape index (κ1) is 21.4. The van der Waals surface area contributed by atoms with Gasteiger partial charge in [-0.1, -0.05) is 30.3 Å². The van der Waals surface area contributed by atoms with Crippen molar-refractivity contribution in [1.82, 2.24) is 10.9 Å². The monoisotopic (exact) mass is 414 g/mol. The van der Waals surface area contributed by atoms with E-state index in [1.807, 2.05) is 18.2 Å². The van der Waals surface area contributed by atoms with Crippen molar-refractivity contribution in [1.29, 1.82) is 0 Å². The molecule has 3 N–H and O–H groups in total. The maximum absolute atomic E-state index is 12.5. The fraction of sp³-hybridized carbons (Fsp3) is 0.364. The predicted octanol–water partition coefficient (Wildman–Crippen LogP) is 2.16. The van der Waals surface area contributed by atoms with Crippen LogP contribution in [0.1, 0.15) is 35.2 Å². The van der Waals surface area contributed by atoms with Gasteiger partial charge in [-0.15, -0.1) is 0 Å². The van der Waals surface area contributed by atoms with Crippen molar-refractivity contribution < 1.29 is 28.9 Å². The zero-order valence-electron chi connectivity index (χ0n) is 17.2. The summed E-state index contributed by atoms with van der Waals surface area (Å²) in [6.45, 7) is 0. The van der Waals surface area contributed by atoms with Crippen LogP contribution in [0.2, 0.25) is 0 Å². The average molecular weight is 414 g/mol. The molecule has 8 nitrogen and oxygen atoms in total. The van der Waals surface area contributed by atoms with Gasteiger partial charge in [0, 0.05) is 5.56 Å². The smallest absolute Gasteiger partial charge is 0.269 e. The average Bonchev–Trinajstić information content (AvgIpc) is 3.62. The van der Waals surface area contributed by atoms with Gasteiger partial charge in [-0.25, -0.2) is 0 Å². The normalized spacial score (nSPS) is 14.9. The van der Waals surface area contributed by atoms with Crippen molar-refractivity contribution in [2.45, 2.75) is 24.9 Å². The lowest BCUT2D eigenvalue weighted by atomic mass is 9.85. The summed E-state index contributed by atoms with van der Waals surface area (Å²) < 4.78 is 15.7. The first-order chi connectivity index (χ1) is 14.4. The minimum atomic E-state index is -1.26. The van der Waals surface area contributed by atoms with Crippen LogP contribution >= 0.6 is 0 Å². The molecule has 2 aromatic carbocycles. The highest BCUT2D eigenvalue weighted by Gasteiger charge is 2.46. The van der Waals surface area contributed by atoms with Crippen LogP contribution in [0.15, 0.2) is 42.5 Å². The minimum Gasteiger partial charge on any atom is -0.493 e. The Kier molecular flexibility index (Phi) is 6.47. The van der Waals surface area contributed by atoms with Gasteiger partial charge in [-0.2, -0.15) is 0 Å². The van der Waals surface area contributed by atoms with Crippen molar-refractivity contribution in [2.24, 2.45) is 5.92 Å². The Balaban J connectivity index is 1.68. The van der Waals surface area contributed by atoms with Gasteiger partial charge in [0.25, 0.3) is 5.91 Å². The molecule has 8 heteroatoms. The van der Waals surface area contributed by atoms with Crippen molar-refractivity contribution in [3.05, 3.63) is 53.6 Å². The van der Waals surface area contributed by atoms with Crippen LogP contribution in [0.4, 0.5) is 0 Å². The van der Waals surface area contributed by atoms with E-state index in [-0.39, 0.29) is 17.9 Å². The zero-order valence-corrected chi connectivity index (χ0v) is 17.2. The van der Waals surface area contributed by atoms with E-state index in [1.54, 1.807) is 12.1 Å². The number of amides is 2. The molecule has 1 aliphatic carbocycles. The van der Waals surface area contributed by atoms with Gasteiger partial charge in [0.2, 0.25) is 11.7 Å². The number of benzene rings is 2. The van der Waals surface area contributed by atoms with E-state index in [4.69, 9.17) is 14.2 Å². The topological polar surface area (TPSA) is 106 Å². The van der Waals surface area contributed by atoms with Gasteiger partial charge >= 0.3 is 0 Å². The second-order valence-corrected chi connectivity index (χ2v) is 7.16. The fourth-order valence-electron chi connectivity index (χ4n) is 3.47. The third-order valence-electron chi connectivity index (χ3n) is 5.20. The third kappa shape index (κ3) is 4.49. The molecule has 1 fully saturated rings. The maximum atomic E-state index is 12.5. The van der Waals surface area contributed by atoms with E-state index >= 15 is 0 Å². The standard InChI is InChI=1S/C22H26N2O6/c1-28-17-11-14(12-18(29-2)20(17)30-3)21(26)24-23-19(25)13-22(27,16-9-10-16)15-7-5-4-6-8-15/h4-8,11-12,16,27H,9-10,13H2,1-3H3,(H,23,25)(H,24,26)/t22-/m0/s1. The lowest BCUT2D eigenvalue weighted by Gasteiger charge is -2.28. The summed E-state index contributed by atoms with van der Waals surface area (Å²) >= 11 is 0. The van der Waals surface area contributed by atoms with E-state index < -0.39 is 17.4 Å². The summed E-state index contributed by atoms with van der Waals surface area (Å²) in [7, 11) is 4.36. The molecule has 160 valence electrons. The number of methoxy groups -OCH3 is 3. The molecule has 0 aliphatic heterocycles. The Labute approximate surface area is 175 Å². The Morgan fingerprint density at radius 2 is 1.60 bits per heavy atom. The number of hydrazine groups is 1. The van der Waals surface area contributed by atoms with Gasteiger partial charge in [0.05, 0.1) is 27.8 Å². The zero-order chi connectivity index (χ0) is 21.7. The van der Waals surface area contributed by atoms with Crippen LogP contribution in [0, 0.1) is 5.92 Å². The molecule has 0 radical (unpaired) electrons. The highest BCUT2D eigenvalue weighted by atomic mass is 16.5. The molecule has 1 saturated carbocycles. The molecule has 0 unspecified atom stereocenters. The lowest BCUT2D eigenvalue weighted by molar-refractivity contribution is -0.128. The molecule has 2 aromatic rings. The van der Waals surface area contributed by atoms with Crippen LogP contribution in [0.3, 0.4) is 0 Å². The predicted molar refractivity (Wildman–Crippen MR) is 109 cm³/mol. The van der Waals surface area contributed by atoms with Gasteiger partial charge in [-0.3, -0.25) is 20.4 Å². The van der Waals surface area contributed by atoms with Gasteiger partial charge in [-0.05, 0) is 36.5 Å². The molecular weight excluding hydrogens is 388 g/mol. The summed E-state index contributed by atoms with van der Waals surface area (Å²) in [5.41, 5.74) is 4.40. The number of rotatable bonds is 8. The first-order valence-corrected chi connectivity index (χ1v) is 9.60. The highest BCUT2D eigenvalue weighted by Crippen LogP contribution is 2.47. The van der Waals surface area contributed by atoms with Crippen LogP contribution in [0.5, 0.6) is 17.2 Å². The molecule has 0 bridgehead atoms. The van der Waals surface area contributed by atoms with Crippen molar-refractivity contribution in [3.63, 3.8) is 0 Å². The summed E-state index contributed by atoms with van der Waals surface area (Å²) in [6.07, 6.45) is 1.56. The Bertz CT molecular complexity index is 888. The molecule has 30 heavy (non-hydrogen) atoms. The van der Waals surface area contributed by atoms with Crippen molar-refractivity contribution in [2.75, 3.05) is 21.3 Å². The lowest BCUT2D eigenvalue weighted by Crippen LogP contribution is -2.45. The Morgan fingerprint density at radius 3 is 2.10 bits per heavy atom. The van der Waals surface area contributed by atoms with Crippen LogP contribution in [0.25, 0.3) is 0 Å². The van der Waals surface area contributed by atoms with E-state index in [2.05, 4.69) is 10.9 Å². The van der Waals surface area contributed by atoms with Crippen LogP contribution < -0.4 is 25.1 Å². The van der Waals surface area contributed by atoms with Gasteiger partial charge < -0.3 is 19.3 Å². The summed E-state index contributed by atoms with van der Waals surface area (Å²) in [5.74, 6) is -0.0262. The Hall–Kier alpha value is -3.26. The number of carbonyl (C=O) groups is 2. The third-order valence-corrected chi connectivity index (χ3v) is 5.20. The molecule has 1 atom stereocenters. The molecule has 0 spiro atoms. The molecule has 0 aromatic heterocycles.